The molecule has 0 amide bonds. The number of pyridine rings is 1. The molecular weight excluding hydrogens is 380 g/mol. The van der Waals surface area contributed by atoms with Crippen LogP contribution in [0.15, 0.2) is 59.7 Å². The van der Waals surface area contributed by atoms with E-state index in [0.29, 0.717) is 18.1 Å². The molecule has 0 fully saturated rings. The van der Waals surface area contributed by atoms with Crippen LogP contribution in [0.1, 0.15) is 12.6 Å². The van der Waals surface area contributed by atoms with Crippen molar-refractivity contribution in [1.82, 2.24) is 29.4 Å². The first kappa shape index (κ1) is 18.3. The molecule has 0 bridgehead atoms. The number of nitrogens with zero attached hydrogens (tertiary/aromatic N) is 5. The number of benzene rings is 1. The Labute approximate surface area is 171 Å². The van der Waals surface area contributed by atoms with Gasteiger partial charge in [0.15, 0.2) is 5.65 Å². The SMILES string of the molecule is CCc1[nH]n2c(=O)cc(-c3ccc4c(cnn4COC)c3)nc2c1-c1ccccn1. The molecule has 1 aromatic carbocycles. The standard InChI is InChI=1S/C22H20N6O2/c1-3-16-21(17-6-4-5-9-23-17)22-25-18(11-20(29)28(22)26-16)14-7-8-19-15(10-14)12-24-27(19)13-30-2/h4-12,26H,3,13H2,1-2H3. The molecule has 8 nitrogen and oxygen atoms in total. The number of fused-ring (bicyclic) bond motifs is 2. The molecule has 4 aromatic heterocycles. The second-order valence-electron chi connectivity index (χ2n) is 7.01. The molecule has 5 rings (SSSR count). The van der Waals surface area contributed by atoms with Crippen LogP contribution in [0.3, 0.4) is 0 Å². The summed E-state index contributed by atoms with van der Waals surface area (Å²) < 4.78 is 8.44. The van der Waals surface area contributed by atoms with Gasteiger partial charge in [-0.1, -0.05) is 19.1 Å². The second-order valence-corrected chi connectivity index (χ2v) is 7.01. The fourth-order valence-electron chi connectivity index (χ4n) is 3.74. The normalized spacial score (nSPS) is 11.5. The summed E-state index contributed by atoms with van der Waals surface area (Å²) in [7, 11) is 1.63. The number of ether oxygens (including phenoxy) is 1. The Hall–Kier alpha value is -3.78. The van der Waals surface area contributed by atoms with Gasteiger partial charge in [0.1, 0.15) is 6.73 Å². The fourth-order valence-corrected chi connectivity index (χ4v) is 3.74. The molecule has 0 aliphatic rings. The van der Waals surface area contributed by atoms with Crippen molar-refractivity contribution < 1.29 is 4.74 Å². The lowest BCUT2D eigenvalue weighted by molar-refractivity contribution is 0.124. The zero-order valence-corrected chi connectivity index (χ0v) is 16.7. The van der Waals surface area contributed by atoms with E-state index in [1.807, 2.05) is 43.3 Å². The van der Waals surface area contributed by atoms with Gasteiger partial charge < -0.3 is 4.74 Å². The highest BCUT2D eigenvalue weighted by atomic mass is 16.5. The molecule has 0 radical (unpaired) electrons. The Bertz CT molecular complexity index is 1410. The van der Waals surface area contributed by atoms with Crippen LogP contribution >= 0.6 is 0 Å². The fraction of sp³-hybridized carbons (Fsp3) is 0.182. The van der Waals surface area contributed by atoms with Crippen LogP contribution in [0.5, 0.6) is 0 Å². The minimum absolute atomic E-state index is 0.165. The number of hydrogen-bond donors (Lipinski definition) is 1. The number of methoxy groups -OCH3 is 1. The number of hydrogen-bond acceptors (Lipinski definition) is 5. The van der Waals surface area contributed by atoms with Crippen LogP contribution in [0, 0.1) is 0 Å². The summed E-state index contributed by atoms with van der Waals surface area (Å²) in [4.78, 5) is 22.2. The van der Waals surface area contributed by atoms with Gasteiger partial charge in [0.2, 0.25) is 0 Å². The minimum atomic E-state index is -0.165. The molecule has 150 valence electrons. The predicted molar refractivity (Wildman–Crippen MR) is 114 cm³/mol. The molecule has 0 saturated heterocycles. The number of aromatic nitrogens is 6. The van der Waals surface area contributed by atoms with E-state index in [1.54, 1.807) is 30.3 Å². The highest BCUT2D eigenvalue weighted by Crippen LogP contribution is 2.28. The zero-order chi connectivity index (χ0) is 20.7. The lowest BCUT2D eigenvalue weighted by atomic mass is 10.1. The highest BCUT2D eigenvalue weighted by Gasteiger charge is 2.17. The van der Waals surface area contributed by atoms with E-state index in [9.17, 15) is 4.79 Å². The van der Waals surface area contributed by atoms with Gasteiger partial charge in [-0.15, -0.1) is 0 Å². The van der Waals surface area contributed by atoms with Crippen LogP contribution < -0.4 is 5.56 Å². The lowest BCUT2D eigenvalue weighted by Gasteiger charge is -2.05. The Morgan fingerprint density at radius 1 is 1.13 bits per heavy atom. The van der Waals surface area contributed by atoms with Crippen molar-refractivity contribution in [2.45, 2.75) is 20.1 Å². The molecular formula is C22H20N6O2. The maximum Gasteiger partial charge on any atom is 0.273 e. The monoisotopic (exact) mass is 400 g/mol. The minimum Gasteiger partial charge on any atom is -0.362 e. The molecule has 0 atom stereocenters. The van der Waals surface area contributed by atoms with E-state index < -0.39 is 0 Å². The number of aryl methyl sites for hydroxylation is 1. The van der Waals surface area contributed by atoms with E-state index in [0.717, 1.165) is 39.8 Å². The Kier molecular flexibility index (Phi) is 4.40. The third-order valence-corrected chi connectivity index (χ3v) is 5.15. The lowest BCUT2D eigenvalue weighted by Crippen LogP contribution is -2.14. The summed E-state index contributed by atoms with van der Waals surface area (Å²) in [6.07, 6.45) is 4.26. The maximum absolute atomic E-state index is 12.9. The Morgan fingerprint density at radius 3 is 2.80 bits per heavy atom. The molecule has 0 aliphatic carbocycles. The first-order valence-corrected chi connectivity index (χ1v) is 9.70. The van der Waals surface area contributed by atoms with Crippen molar-refractivity contribution in [2.24, 2.45) is 0 Å². The molecule has 30 heavy (non-hydrogen) atoms. The average Bonchev–Trinajstić information content (AvgIpc) is 3.35. The van der Waals surface area contributed by atoms with Crippen molar-refractivity contribution in [3.63, 3.8) is 0 Å². The van der Waals surface area contributed by atoms with Crippen molar-refractivity contribution in [2.75, 3.05) is 7.11 Å². The summed E-state index contributed by atoms with van der Waals surface area (Å²) in [5.41, 5.74) is 5.39. The van der Waals surface area contributed by atoms with Crippen LogP contribution in [0.25, 0.3) is 39.1 Å². The molecule has 5 aromatic rings. The summed E-state index contributed by atoms with van der Waals surface area (Å²) in [6.45, 7) is 2.42. The largest absolute Gasteiger partial charge is 0.362 e. The third-order valence-electron chi connectivity index (χ3n) is 5.15. The topological polar surface area (TPSA) is 90.1 Å². The van der Waals surface area contributed by atoms with Gasteiger partial charge in [0.05, 0.1) is 28.7 Å². The van der Waals surface area contributed by atoms with Crippen molar-refractivity contribution >= 4 is 16.6 Å². The van der Waals surface area contributed by atoms with Gasteiger partial charge in [0, 0.05) is 36.0 Å². The van der Waals surface area contributed by atoms with Crippen molar-refractivity contribution in [3.8, 4) is 22.5 Å². The van der Waals surface area contributed by atoms with E-state index in [4.69, 9.17) is 9.72 Å². The van der Waals surface area contributed by atoms with Gasteiger partial charge in [0.25, 0.3) is 5.56 Å². The molecule has 0 saturated carbocycles. The summed E-state index contributed by atoms with van der Waals surface area (Å²) >= 11 is 0. The smallest absolute Gasteiger partial charge is 0.273 e. The Morgan fingerprint density at radius 2 is 2.03 bits per heavy atom. The van der Waals surface area contributed by atoms with E-state index in [1.165, 1.54) is 4.52 Å². The van der Waals surface area contributed by atoms with Crippen LogP contribution in [0.2, 0.25) is 0 Å². The second kappa shape index (κ2) is 7.23. The first-order chi connectivity index (χ1) is 14.7. The highest BCUT2D eigenvalue weighted by molar-refractivity contribution is 5.85. The molecule has 0 spiro atoms. The summed E-state index contributed by atoms with van der Waals surface area (Å²) in [5.74, 6) is 0. The third kappa shape index (κ3) is 2.89. The van der Waals surface area contributed by atoms with Gasteiger partial charge in [-0.25, -0.2) is 14.2 Å². The van der Waals surface area contributed by atoms with Crippen molar-refractivity contribution in [3.05, 3.63) is 70.9 Å². The van der Waals surface area contributed by atoms with Crippen LogP contribution in [0.4, 0.5) is 0 Å². The predicted octanol–water partition coefficient (Wildman–Crippen LogP) is 3.27. The number of rotatable bonds is 5. The van der Waals surface area contributed by atoms with E-state index >= 15 is 0 Å². The zero-order valence-electron chi connectivity index (χ0n) is 16.7. The molecule has 4 heterocycles. The molecule has 8 heteroatoms. The number of nitrogens with one attached hydrogen (secondary N) is 1. The quantitative estimate of drug-likeness (QED) is 0.489. The van der Waals surface area contributed by atoms with E-state index in [-0.39, 0.29) is 5.56 Å². The van der Waals surface area contributed by atoms with E-state index in [2.05, 4.69) is 15.2 Å². The van der Waals surface area contributed by atoms with Crippen LogP contribution in [-0.4, -0.2) is 36.5 Å². The summed E-state index contributed by atoms with van der Waals surface area (Å²) in [5, 5.41) is 8.49. The van der Waals surface area contributed by atoms with Crippen molar-refractivity contribution in [1.29, 1.82) is 0 Å². The van der Waals surface area contributed by atoms with Crippen LogP contribution in [-0.2, 0) is 17.9 Å². The molecule has 1 N–H and O–H groups in total. The first-order valence-electron chi connectivity index (χ1n) is 9.70. The summed E-state index contributed by atoms with van der Waals surface area (Å²) in [6, 6.07) is 13.2. The van der Waals surface area contributed by atoms with Gasteiger partial charge in [-0.3, -0.25) is 14.9 Å². The number of aromatic amines is 1. The maximum atomic E-state index is 12.9. The average molecular weight is 400 g/mol. The van der Waals surface area contributed by atoms with Gasteiger partial charge in [-0.2, -0.15) is 5.10 Å². The molecule has 0 unspecified atom stereocenters. The van der Waals surface area contributed by atoms with Gasteiger partial charge >= 0.3 is 0 Å². The Balaban J connectivity index is 1.71. The molecule has 0 aliphatic heterocycles. The van der Waals surface area contributed by atoms with Gasteiger partial charge in [-0.05, 0) is 30.7 Å². The number of H-pyrrole nitrogens is 1.